The molecule has 18 heteroatoms. The summed E-state index contributed by atoms with van der Waals surface area (Å²) < 4.78 is 5.85. The quantitative estimate of drug-likeness (QED) is 0.247. The number of anilines is 1. The van der Waals surface area contributed by atoms with E-state index in [1.54, 1.807) is 37.3 Å². The minimum absolute atomic E-state index is 0.0299. The van der Waals surface area contributed by atoms with Crippen molar-refractivity contribution in [2.24, 2.45) is 0 Å². The molecule has 6 rings (SSSR count). The largest absolute Gasteiger partial charge is 0.505 e. The van der Waals surface area contributed by atoms with Crippen LogP contribution in [0, 0.1) is 0 Å². The van der Waals surface area contributed by atoms with E-state index in [1.165, 1.54) is 47.0 Å². The number of pyridine rings is 1. The number of carbonyl (C=O) groups is 8. The Morgan fingerprint density at radius 1 is 0.873 bits per heavy atom. The standard InChI is InChI=1S/C45H54N8O10/c1-6-31-42(59)52-22-11-14-32(52)43(60)51(5)34(24-27-16-18-29(19-17-27)50(3)4)44(61)53-23-20-30(54)25-33(53)39(56)49-37(28-12-8-7-9-13-28)45(62)63-26(2)36(40(57)47-31)48-41(58)38-35(55)15-10-21-46-38/h7-10,12-13,15-19,21,26,31-34,36-37,55H,6,11,14,20,22-25H2,1-5H3,(H,47,57)(H,48,58)(H,49,56)/t26-,31+,32-,33+,34+,36-,37+/m0/s1. The average molecular weight is 867 g/mol. The molecule has 3 aliphatic heterocycles. The van der Waals surface area contributed by atoms with Gasteiger partial charge in [0.25, 0.3) is 5.91 Å². The van der Waals surface area contributed by atoms with Gasteiger partial charge >= 0.3 is 5.97 Å². The topological polar surface area (TPSA) is 228 Å². The Kier molecular flexibility index (Phi) is 14.4. The number of aromatic hydroxyl groups is 1. The lowest BCUT2D eigenvalue weighted by Crippen LogP contribution is -2.61. The van der Waals surface area contributed by atoms with Crippen LogP contribution >= 0.6 is 0 Å². The van der Waals surface area contributed by atoms with E-state index < -0.39 is 95.2 Å². The SMILES string of the molecule is CC[C@H]1NC(=O)[C@@H](NC(=O)c2ncccc2O)[C@H](C)OC(=O)[C@@H](c2ccccc2)NC(=O)[C@H]2CC(=O)CCN2C(=O)[C@@H](Cc2ccc(N(C)C)cc2)N(C)C(=O)[C@@H]2CCCN2C1=O. The lowest BCUT2D eigenvalue weighted by molar-refractivity contribution is -0.156. The van der Waals surface area contributed by atoms with Gasteiger partial charge in [0.15, 0.2) is 11.7 Å². The van der Waals surface area contributed by atoms with Gasteiger partial charge in [-0.15, -0.1) is 0 Å². The van der Waals surface area contributed by atoms with Crippen LogP contribution in [0.15, 0.2) is 72.9 Å². The molecule has 0 saturated carbocycles. The van der Waals surface area contributed by atoms with Crippen LogP contribution in [0.4, 0.5) is 5.69 Å². The van der Waals surface area contributed by atoms with Crippen molar-refractivity contribution in [1.82, 2.24) is 35.6 Å². The van der Waals surface area contributed by atoms with Crippen molar-refractivity contribution >= 4 is 52.9 Å². The number of likely N-dealkylation sites (N-methyl/N-ethyl adjacent to an activating group) is 1. The Bertz CT molecular complexity index is 2220. The smallest absolute Gasteiger partial charge is 0.333 e. The van der Waals surface area contributed by atoms with E-state index in [-0.39, 0.29) is 56.5 Å². The summed E-state index contributed by atoms with van der Waals surface area (Å²) in [6, 6.07) is 10.1. The molecular weight excluding hydrogens is 813 g/mol. The maximum Gasteiger partial charge on any atom is 0.333 e. The number of esters is 1. The van der Waals surface area contributed by atoms with Gasteiger partial charge in [-0.2, -0.15) is 0 Å². The number of cyclic esters (lactones) is 1. The molecule has 0 spiro atoms. The number of benzene rings is 2. The Labute approximate surface area is 365 Å². The molecular formula is C45H54N8O10. The molecule has 6 amide bonds. The second kappa shape index (κ2) is 19.9. The zero-order valence-electron chi connectivity index (χ0n) is 36.0. The number of nitrogens with one attached hydrogen (secondary N) is 3. The number of nitrogens with zero attached hydrogens (tertiary/aromatic N) is 5. The number of hydrogen-bond acceptors (Lipinski definition) is 12. The number of piperidine rings is 1. The van der Waals surface area contributed by atoms with Crippen LogP contribution < -0.4 is 20.9 Å². The number of ether oxygens (including phenoxy) is 1. The molecule has 1 aromatic heterocycles. The number of aromatic nitrogens is 1. The maximum absolute atomic E-state index is 15.0. The molecule has 7 atom stereocenters. The van der Waals surface area contributed by atoms with Gasteiger partial charge in [-0.25, -0.2) is 9.78 Å². The minimum Gasteiger partial charge on any atom is -0.505 e. The van der Waals surface area contributed by atoms with Crippen LogP contribution in [0.2, 0.25) is 0 Å². The number of carbonyl (C=O) groups excluding carboxylic acids is 8. The molecule has 3 saturated heterocycles. The van der Waals surface area contributed by atoms with Crippen molar-refractivity contribution in [1.29, 1.82) is 0 Å². The van der Waals surface area contributed by atoms with Crippen molar-refractivity contribution in [2.45, 2.75) is 94.7 Å². The first kappa shape index (κ1) is 45.7. The summed E-state index contributed by atoms with van der Waals surface area (Å²) in [6.07, 6.45) is 0.175. The average Bonchev–Trinajstić information content (AvgIpc) is 3.77. The van der Waals surface area contributed by atoms with Crippen molar-refractivity contribution in [2.75, 3.05) is 39.1 Å². The number of amides is 6. The van der Waals surface area contributed by atoms with Crippen LogP contribution in [-0.4, -0.2) is 143 Å². The molecule has 0 bridgehead atoms. The van der Waals surface area contributed by atoms with Crippen LogP contribution in [0.3, 0.4) is 0 Å². The molecule has 18 nitrogen and oxygen atoms in total. The third kappa shape index (κ3) is 10.3. The number of fused-ring (bicyclic) bond motifs is 2. The third-order valence-corrected chi connectivity index (χ3v) is 11.8. The minimum atomic E-state index is -1.68. The van der Waals surface area contributed by atoms with Crippen LogP contribution in [-0.2, 0) is 44.7 Å². The van der Waals surface area contributed by atoms with E-state index in [9.17, 15) is 43.5 Å². The van der Waals surface area contributed by atoms with Gasteiger partial charge < -0.3 is 45.4 Å². The third-order valence-electron chi connectivity index (χ3n) is 11.8. The van der Waals surface area contributed by atoms with E-state index in [0.29, 0.717) is 12.0 Å². The Hall–Kier alpha value is -6.85. The fourth-order valence-electron chi connectivity index (χ4n) is 8.20. The normalized spacial score (nSPS) is 25.4. The maximum atomic E-state index is 15.0. The van der Waals surface area contributed by atoms with Crippen LogP contribution in [0.25, 0.3) is 0 Å². The fraction of sp³-hybridized carbons (Fsp3) is 0.444. The molecule has 0 radical (unpaired) electrons. The summed E-state index contributed by atoms with van der Waals surface area (Å²) >= 11 is 0. The first-order chi connectivity index (χ1) is 30.1. The Morgan fingerprint density at radius 3 is 2.24 bits per heavy atom. The highest BCUT2D eigenvalue weighted by atomic mass is 16.5. The summed E-state index contributed by atoms with van der Waals surface area (Å²) in [6.45, 7) is 3.02. The first-order valence-electron chi connectivity index (χ1n) is 21.1. The molecule has 0 unspecified atom stereocenters. The van der Waals surface area contributed by atoms with Gasteiger partial charge in [-0.05, 0) is 61.6 Å². The summed E-state index contributed by atoms with van der Waals surface area (Å²) in [7, 11) is 5.25. The first-order valence-corrected chi connectivity index (χ1v) is 21.1. The van der Waals surface area contributed by atoms with Crippen LogP contribution in [0.5, 0.6) is 5.75 Å². The second-order valence-corrected chi connectivity index (χ2v) is 16.2. The number of ketones is 1. The number of hydrogen-bond donors (Lipinski definition) is 4. The number of rotatable bonds is 7. The summed E-state index contributed by atoms with van der Waals surface area (Å²) in [4.78, 5) is 123. The molecule has 3 fully saturated rings. The lowest BCUT2D eigenvalue weighted by Gasteiger charge is -2.40. The molecule has 3 aliphatic rings. The summed E-state index contributed by atoms with van der Waals surface area (Å²) in [5.74, 6) is -6.33. The molecule has 2 aromatic carbocycles. The van der Waals surface area contributed by atoms with Crippen LogP contribution in [0.1, 0.15) is 73.6 Å². The van der Waals surface area contributed by atoms with Gasteiger partial charge in [-0.3, -0.25) is 33.6 Å². The van der Waals surface area contributed by atoms with Gasteiger partial charge in [0.1, 0.15) is 47.8 Å². The molecule has 0 aliphatic carbocycles. The molecule has 4 N–H and O–H groups in total. The second-order valence-electron chi connectivity index (χ2n) is 16.2. The zero-order chi connectivity index (χ0) is 45.5. The van der Waals surface area contributed by atoms with Crippen molar-refractivity contribution < 1.29 is 48.2 Å². The lowest BCUT2D eigenvalue weighted by atomic mass is 9.95. The van der Waals surface area contributed by atoms with Crippen molar-refractivity contribution in [3.8, 4) is 5.75 Å². The van der Waals surface area contributed by atoms with Crippen molar-refractivity contribution in [3.63, 3.8) is 0 Å². The molecule has 334 valence electrons. The zero-order valence-corrected chi connectivity index (χ0v) is 36.0. The van der Waals surface area contributed by atoms with Gasteiger partial charge in [0, 0.05) is 65.4 Å². The summed E-state index contributed by atoms with van der Waals surface area (Å²) in [5.41, 5.74) is 1.45. The highest BCUT2D eigenvalue weighted by molar-refractivity contribution is 6.01. The highest BCUT2D eigenvalue weighted by Gasteiger charge is 2.45. The molecule has 4 heterocycles. The predicted molar refractivity (Wildman–Crippen MR) is 228 cm³/mol. The monoisotopic (exact) mass is 866 g/mol. The van der Waals surface area contributed by atoms with Gasteiger partial charge in [0.05, 0.1) is 0 Å². The molecule has 63 heavy (non-hydrogen) atoms. The Balaban J connectivity index is 1.44. The van der Waals surface area contributed by atoms with E-state index >= 15 is 0 Å². The van der Waals surface area contributed by atoms with Crippen molar-refractivity contribution in [3.05, 3.63) is 89.7 Å². The van der Waals surface area contributed by atoms with E-state index in [4.69, 9.17) is 4.74 Å². The molecule has 3 aromatic rings. The summed E-state index contributed by atoms with van der Waals surface area (Å²) in [5, 5.41) is 18.2. The van der Waals surface area contributed by atoms with E-state index in [2.05, 4.69) is 20.9 Å². The predicted octanol–water partition coefficient (Wildman–Crippen LogP) is 1.27. The van der Waals surface area contributed by atoms with Gasteiger partial charge in [0.2, 0.25) is 29.5 Å². The van der Waals surface area contributed by atoms with Gasteiger partial charge in [-0.1, -0.05) is 49.4 Å². The number of Topliss-reactive ketones (excluding diaryl/α,β-unsaturated/α-hetero) is 1. The fourth-order valence-corrected chi connectivity index (χ4v) is 8.20. The Morgan fingerprint density at radius 2 is 1.57 bits per heavy atom. The van der Waals surface area contributed by atoms with E-state index in [1.807, 2.05) is 43.3 Å². The van der Waals surface area contributed by atoms with E-state index in [0.717, 1.165) is 5.69 Å². The highest BCUT2D eigenvalue weighted by Crippen LogP contribution is 2.27.